The van der Waals surface area contributed by atoms with Crippen molar-refractivity contribution >= 4 is 29.1 Å². The number of nitrogens with two attached hydrogens (primary N) is 1. The highest BCUT2D eigenvalue weighted by atomic mass is 16.5. The van der Waals surface area contributed by atoms with Gasteiger partial charge in [0.15, 0.2) is 12.4 Å². The average molecular weight is 423 g/mol. The number of hydrogen-bond donors (Lipinski definition) is 3. The van der Waals surface area contributed by atoms with Crippen molar-refractivity contribution in [2.75, 3.05) is 23.8 Å². The van der Waals surface area contributed by atoms with Gasteiger partial charge in [0.25, 0.3) is 11.8 Å². The number of anilines is 2. The minimum absolute atomic E-state index is 0.129. The van der Waals surface area contributed by atoms with E-state index in [0.29, 0.717) is 22.9 Å². The number of furan rings is 1. The van der Waals surface area contributed by atoms with Crippen molar-refractivity contribution in [3.8, 4) is 11.5 Å². The Kier molecular flexibility index (Phi) is 7.26. The molecule has 3 amide bonds. The van der Waals surface area contributed by atoms with Crippen molar-refractivity contribution in [2.45, 2.75) is 6.42 Å². The van der Waals surface area contributed by atoms with Gasteiger partial charge in [-0.15, -0.1) is 0 Å². The minimum atomic E-state index is -0.436. The quantitative estimate of drug-likeness (QED) is 0.459. The normalized spacial score (nSPS) is 10.2. The molecule has 0 fully saturated rings. The van der Waals surface area contributed by atoms with Gasteiger partial charge in [-0.05, 0) is 48.5 Å². The zero-order chi connectivity index (χ0) is 22.1. The summed E-state index contributed by atoms with van der Waals surface area (Å²) in [5.41, 5.74) is 6.13. The zero-order valence-corrected chi connectivity index (χ0v) is 16.5. The molecule has 0 radical (unpaired) electrons. The highest BCUT2D eigenvalue weighted by molar-refractivity contribution is 6.02. The van der Waals surface area contributed by atoms with Gasteiger partial charge in [-0.25, -0.2) is 0 Å². The lowest BCUT2D eigenvalue weighted by molar-refractivity contribution is -0.119. The molecule has 2 aromatic carbocycles. The van der Waals surface area contributed by atoms with Crippen LogP contribution in [-0.4, -0.2) is 30.9 Å². The van der Waals surface area contributed by atoms with Crippen molar-refractivity contribution < 1.29 is 28.3 Å². The van der Waals surface area contributed by atoms with Crippen molar-refractivity contribution in [3.63, 3.8) is 0 Å². The molecule has 0 aliphatic heterocycles. The zero-order valence-electron chi connectivity index (χ0n) is 16.5. The smallest absolute Gasteiger partial charge is 0.291 e. The van der Waals surface area contributed by atoms with E-state index in [-0.39, 0.29) is 37.2 Å². The molecule has 9 heteroatoms. The van der Waals surface area contributed by atoms with Crippen LogP contribution in [0.3, 0.4) is 0 Å². The summed E-state index contributed by atoms with van der Waals surface area (Å²) in [6.07, 6.45) is 1.54. The maximum atomic E-state index is 12.1. The van der Waals surface area contributed by atoms with Crippen molar-refractivity contribution in [2.24, 2.45) is 5.73 Å². The summed E-state index contributed by atoms with van der Waals surface area (Å²) in [6.45, 7) is -0.0254. The van der Waals surface area contributed by atoms with E-state index in [1.165, 1.54) is 6.26 Å². The Hall–Kier alpha value is -4.27. The maximum absolute atomic E-state index is 12.1. The van der Waals surface area contributed by atoms with Crippen LogP contribution in [0.5, 0.6) is 11.5 Å². The summed E-state index contributed by atoms with van der Waals surface area (Å²) < 4.78 is 15.9. The van der Waals surface area contributed by atoms with Crippen LogP contribution in [0.15, 0.2) is 71.3 Å². The van der Waals surface area contributed by atoms with Crippen molar-refractivity contribution in [1.82, 2.24) is 0 Å². The second kappa shape index (κ2) is 10.5. The fourth-order valence-corrected chi connectivity index (χ4v) is 2.51. The van der Waals surface area contributed by atoms with Crippen molar-refractivity contribution in [3.05, 3.63) is 72.7 Å². The standard InChI is InChI=1S/C22H21N3O6/c23-20(26)10-12-29-17-8-6-15(7-9-17)24-21(27)14-31-18-4-1-3-16(13-18)25-22(28)19-5-2-11-30-19/h1-9,11,13H,10,12,14H2,(H2,23,26)(H,24,27)(H,25,28). The van der Waals surface area contributed by atoms with Gasteiger partial charge in [0.2, 0.25) is 5.91 Å². The molecule has 0 unspecified atom stereocenters. The molecule has 4 N–H and O–H groups in total. The summed E-state index contributed by atoms with van der Waals surface area (Å²) in [4.78, 5) is 34.9. The largest absolute Gasteiger partial charge is 0.493 e. The first-order valence-electron chi connectivity index (χ1n) is 9.38. The van der Waals surface area contributed by atoms with Crippen LogP contribution in [0, 0.1) is 0 Å². The summed E-state index contributed by atoms with van der Waals surface area (Å²) in [5.74, 6) is -0.00631. The van der Waals surface area contributed by atoms with Gasteiger partial charge in [0.1, 0.15) is 11.5 Å². The van der Waals surface area contributed by atoms with E-state index in [2.05, 4.69) is 10.6 Å². The van der Waals surface area contributed by atoms with E-state index in [1.54, 1.807) is 60.7 Å². The van der Waals surface area contributed by atoms with E-state index in [4.69, 9.17) is 19.6 Å². The molecular formula is C22H21N3O6. The lowest BCUT2D eigenvalue weighted by Crippen LogP contribution is -2.20. The Balaban J connectivity index is 1.46. The monoisotopic (exact) mass is 423 g/mol. The summed E-state index contributed by atoms with van der Waals surface area (Å²) in [6, 6.07) is 16.5. The third-order valence-electron chi connectivity index (χ3n) is 3.96. The van der Waals surface area contributed by atoms with Crippen LogP contribution in [0.2, 0.25) is 0 Å². The predicted octanol–water partition coefficient (Wildman–Crippen LogP) is 2.80. The molecule has 0 spiro atoms. The third kappa shape index (κ3) is 6.93. The molecule has 0 saturated heterocycles. The van der Waals surface area contributed by atoms with Crippen LogP contribution in [0.25, 0.3) is 0 Å². The molecule has 0 saturated carbocycles. The number of ether oxygens (including phenoxy) is 2. The Labute approximate surface area is 178 Å². The molecule has 1 heterocycles. The van der Waals surface area contributed by atoms with Gasteiger partial charge < -0.3 is 30.3 Å². The number of rotatable bonds is 10. The Morgan fingerprint density at radius 3 is 2.39 bits per heavy atom. The summed E-state index contributed by atoms with van der Waals surface area (Å²) in [7, 11) is 0. The van der Waals surface area contributed by atoms with Gasteiger partial charge >= 0.3 is 0 Å². The molecule has 0 aliphatic rings. The molecule has 31 heavy (non-hydrogen) atoms. The molecule has 9 nitrogen and oxygen atoms in total. The van der Waals surface area contributed by atoms with Gasteiger partial charge in [0.05, 0.1) is 19.3 Å². The predicted molar refractivity (Wildman–Crippen MR) is 113 cm³/mol. The van der Waals surface area contributed by atoms with E-state index < -0.39 is 5.91 Å². The van der Waals surface area contributed by atoms with Crippen LogP contribution in [0.1, 0.15) is 17.0 Å². The number of carbonyl (C=O) groups excluding carboxylic acids is 3. The van der Waals surface area contributed by atoms with Crippen LogP contribution in [0.4, 0.5) is 11.4 Å². The molecule has 0 aliphatic carbocycles. The fourth-order valence-electron chi connectivity index (χ4n) is 2.51. The maximum Gasteiger partial charge on any atom is 0.291 e. The molecule has 3 aromatic rings. The summed E-state index contributed by atoms with van der Waals surface area (Å²) >= 11 is 0. The Morgan fingerprint density at radius 2 is 1.68 bits per heavy atom. The van der Waals surface area contributed by atoms with Crippen molar-refractivity contribution in [1.29, 1.82) is 0 Å². The first-order chi connectivity index (χ1) is 15.0. The Morgan fingerprint density at radius 1 is 0.871 bits per heavy atom. The molecule has 160 valence electrons. The van der Waals surface area contributed by atoms with Gasteiger partial charge in [-0.2, -0.15) is 0 Å². The number of primary amides is 1. The van der Waals surface area contributed by atoms with Crippen LogP contribution in [-0.2, 0) is 9.59 Å². The number of benzene rings is 2. The van der Waals surface area contributed by atoms with Gasteiger partial charge in [0, 0.05) is 17.4 Å². The highest BCUT2D eigenvalue weighted by Crippen LogP contribution is 2.19. The number of carbonyl (C=O) groups is 3. The minimum Gasteiger partial charge on any atom is -0.493 e. The first kappa shape index (κ1) is 21.4. The summed E-state index contributed by atoms with van der Waals surface area (Å²) in [5, 5.41) is 5.39. The number of nitrogens with one attached hydrogen (secondary N) is 2. The lowest BCUT2D eigenvalue weighted by Gasteiger charge is -2.10. The number of hydrogen-bond acceptors (Lipinski definition) is 6. The molecular weight excluding hydrogens is 402 g/mol. The average Bonchev–Trinajstić information content (AvgIpc) is 3.29. The molecule has 3 rings (SSSR count). The molecule has 0 bridgehead atoms. The van der Waals surface area contributed by atoms with Crippen LogP contribution < -0.4 is 25.8 Å². The SMILES string of the molecule is NC(=O)CCOc1ccc(NC(=O)COc2cccc(NC(=O)c3ccco3)c2)cc1. The Bertz CT molecular complexity index is 1030. The fraction of sp³-hybridized carbons (Fsp3) is 0.136. The van der Waals surface area contributed by atoms with E-state index >= 15 is 0 Å². The molecule has 1 aromatic heterocycles. The first-order valence-corrected chi connectivity index (χ1v) is 9.38. The molecule has 0 atom stereocenters. The van der Waals surface area contributed by atoms with Gasteiger partial charge in [-0.3, -0.25) is 14.4 Å². The van der Waals surface area contributed by atoms with E-state index in [1.807, 2.05) is 0 Å². The van der Waals surface area contributed by atoms with Gasteiger partial charge in [-0.1, -0.05) is 6.07 Å². The lowest BCUT2D eigenvalue weighted by atomic mass is 10.3. The van der Waals surface area contributed by atoms with Crippen LogP contribution >= 0.6 is 0 Å². The highest BCUT2D eigenvalue weighted by Gasteiger charge is 2.10. The van der Waals surface area contributed by atoms with E-state index in [9.17, 15) is 14.4 Å². The topological polar surface area (TPSA) is 133 Å². The third-order valence-corrected chi connectivity index (χ3v) is 3.96. The van der Waals surface area contributed by atoms with E-state index in [0.717, 1.165) is 0 Å². The second-order valence-corrected chi connectivity index (χ2v) is 6.39. The second-order valence-electron chi connectivity index (χ2n) is 6.39. The number of amides is 3.